The maximum atomic E-state index is 13.4. The molecule has 0 aliphatic rings. The summed E-state index contributed by atoms with van der Waals surface area (Å²) in [5.74, 6) is -0.340. The normalized spacial score (nSPS) is 11.5. The van der Waals surface area contributed by atoms with Crippen LogP contribution in [0, 0.1) is 0 Å². The molecule has 1 heterocycles. The standard InChI is InChI=1S/C25H35N5O5/c1-4-30(21-9-5-6-16-26-21)25(34)24(28-22(31)10-7-17-29(2)3)27-19-12-14-20(15-13-19)35-18-8-11-23(32)33/h5-6,9,12-16,24,27H,4,7-8,10-11,17-18H2,1-3H3,(H,28,31)(H,32,33). The first-order chi connectivity index (χ1) is 16.8. The van der Waals surface area contributed by atoms with E-state index < -0.39 is 12.1 Å². The van der Waals surface area contributed by atoms with E-state index in [1.807, 2.05) is 25.9 Å². The van der Waals surface area contributed by atoms with E-state index >= 15 is 0 Å². The van der Waals surface area contributed by atoms with Gasteiger partial charge in [0.05, 0.1) is 6.61 Å². The van der Waals surface area contributed by atoms with Crippen LogP contribution in [-0.4, -0.2) is 72.7 Å². The Balaban J connectivity index is 2.10. The highest BCUT2D eigenvalue weighted by atomic mass is 16.5. The van der Waals surface area contributed by atoms with Gasteiger partial charge in [0, 0.05) is 31.3 Å². The molecule has 0 aliphatic heterocycles. The van der Waals surface area contributed by atoms with Gasteiger partial charge in [-0.2, -0.15) is 0 Å². The lowest BCUT2D eigenvalue weighted by molar-refractivity contribution is -0.137. The van der Waals surface area contributed by atoms with Crippen LogP contribution in [0.15, 0.2) is 48.7 Å². The Labute approximate surface area is 206 Å². The van der Waals surface area contributed by atoms with Crippen LogP contribution in [0.1, 0.15) is 32.6 Å². The Kier molecular flexibility index (Phi) is 11.5. The first-order valence-electron chi connectivity index (χ1n) is 11.7. The molecule has 0 radical (unpaired) electrons. The minimum absolute atomic E-state index is 0.0435. The lowest BCUT2D eigenvalue weighted by atomic mass is 10.2. The Morgan fingerprint density at radius 3 is 2.40 bits per heavy atom. The summed E-state index contributed by atoms with van der Waals surface area (Å²) in [5.41, 5.74) is 0.618. The monoisotopic (exact) mass is 485 g/mol. The van der Waals surface area contributed by atoms with Crippen LogP contribution < -0.4 is 20.3 Å². The lowest BCUT2D eigenvalue weighted by Gasteiger charge is -2.27. The van der Waals surface area contributed by atoms with Gasteiger partial charge >= 0.3 is 5.97 Å². The molecule has 0 spiro atoms. The average molecular weight is 486 g/mol. The van der Waals surface area contributed by atoms with Crippen molar-refractivity contribution < 1.29 is 24.2 Å². The number of hydrogen-bond acceptors (Lipinski definition) is 7. The molecule has 0 fully saturated rings. The summed E-state index contributed by atoms with van der Waals surface area (Å²) < 4.78 is 5.56. The lowest BCUT2D eigenvalue weighted by Crippen LogP contribution is -2.53. The molecule has 10 nitrogen and oxygen atoms in total. The van der Waals surface area contributed by atoms with Gasteiger partial charge in [0.25, 0.3) is 5.91 Å². The summed E-state index contributed by atoms with van der Waals surface area (Å²) in [6.45, 7) is 3.29. The topological polar surface area (TPSA) is 124 Å². The van der Waals surface area contributed by atoms with Crippen molar-refractivity contribution in [3.8, 4) is 5.75 Å². The third-order valence-electron chi connectivity index (χ3n) is 5.04. The number of amides is 2. The van der Waals surface area contributed by atoms with Gasteiger partial charge in [-0.25, -0.2) is 4.98 Å². The zero-order chi connectivity index (χ0) is 25.6. The van der Waals surface area contributed by atoms with Crippen molar-refractivity contribution in [3.05, 3.63) is 48.7 Å². The van der Waals surface area contributed by atoms with Crippen LogP contribution >= 0.6 is 0 Å². The number of ether oxygens (including phenoxy) is 1. The molecule has 1 unspecified atom stereocenters. The smallest absolute Gasteiger partial charge is 0.303 e. The van der Waals surface area contributed by atoms with E-state index in [4.69, 9.17) is 9.84 Å². The molecule has 1 aromatic heterocycles. The molecule has 2 amide bonds. The molecule has 35 heavy (non-hydrogen) atoms. The van der Waals surface area contributed by atoms with E-state index in [0.29, 0.717) is 49.7 Å². The van der Waals surface area contributed by atoms with Crippen molar-refractivity contribution in [3.63, 3.8) is 0 Å². The van der Waals surface area contributed by atoms with E-state index in [0.717, 1.165) is 6.54 Å². The number of carboxylic acids is 1. The second kappa shape index (κ2) is 14.6. The third kappa shape index (κ3) is 10.0. The molecule has 0 bridgehead atoms. The molecule has 0 saturated heterocycles. The number of anilines is 2. The van der Waals surface area contributed by atoms with E-state index in [-0.39, 0.29) is 18.2 Å². The largest absolute Gasteiger partial charge is 0.494 e. The fourth-order valence-electron chi connectivity index (χ4n) is 3.28. The number of rotatable bonds is 15. The van der Waals surface area contributed by atoms with Crippen molar-refractivity contribution in [2.24, 2.45) is 0 Å². The number of carboxylic acid groups (broad SMARTS) is 1. The summed E-state index contributed by atoms with van der Waals surface area (Å²) >= 11 is 0. The van der Waals surface area contributed by atoms with E-state index in [9.17, 15) is 14.4 Å². The summed E-state index contributed by atoms with van der Waals surface area (Å²) in [4.78, 5) is 44.4. The highest BCUT2D eigenvalue weighted by molar-refractivity contribution is 5.99. The van der Waals surface area contributed by atoms with Crippen molar-refractivity contribution in [2.45, 2.75) is 38.8 Å². The number of pyridine rings is 1. The van der Waals surface area contributed by atoms with E-state index in [1.54, 1.807) is 48.7 Å². The van der Waals surface area contributed by atoms with E-state index in [1.165, 1.54) is 4.90 Å². The molecule has 0 saturated carbocycles. The van der Waals surface area contributed by atoms with Gasteiger partial charge in [-0.15, -0.1) is 0 Å². The number of benzene rings is 1. The number of carbonyl (C=O) groups excluding carboxylic acids is 2. The molecule has 2 aromatic rings. The van der Waals surface area contributed by atoms with Gasteiger partial charge in [0.1, 0.15) is 11.6 Å². The van der Waals surface area contributed by atoms with Crippen molar-refractivity contribution in [1.82, 2.24) is 15.2 Å². The van der Waals surface area contributed by atoms with Crippen molar-refractivity contribution in [1.29, 1.82) is 0 Å². The maximum Gasteiger partial charge on any atom is 0.303 e. The highest BCUT2D eigenvalue weighted by Gasteiger charge is 2.27. The van der Waals surface area contributed by atoms with Crippen LogP contribution in [-0.2, 0) is 14.4 Å². The number of aliphatic carboxylic acids is 1. The van der Waals surface area contributed by atoms with Crippen LogP contribution in [0.3, 0.4) is 0 Å². The first-order valence-corrected chi connectivity index (χ1v) is 11.7. The van der Waals surface area contributed by atoms with Gasteiger partial charge < -0.3 is 25.4 Å². The number of nitrogens with zero attached hydrogens (tertiary/aromatic N) is 3. The Morgan fingerprint density at radius 2 is 1.80 bits per heavy atom. The number of hydrogen-bond donors (Lipinski definition) is 3. The third-order valence-corrected chi connectivity index (χ3v) is 5.04. The minimum Gasteiger partial charge on any atom is -0.494 e. The highest BCUT2D eigenvalue weighted by Crippen LogP contribution is 2.18. The van der Waals surface area contributed by atoms with Gasteiger partial charge in [-0.05, 0) is 76.8 Å². The molecule has 2 rings (SSSR count). The number of nitrogens with one attached hydrogen (secondary N) is 2. The van der Waals surface area contributed by atoms with Crippen molar-refractivity contribution in [2.75, 3.05) is 44.0 Å². The first kappa shape index (κ1) is 27.6. The molecule has 190 valence electrons. The molecule has 1 atom stereocenters. The summed E-state index contributed by atoms with van der Waals surface area (Å²) in [5, 5.41) is 14.6. The van der Waals surface area contributed by atoms with Gasteiger partial charge in [0.15, 0.2) is 6.17 Å². The quantitative estimate of drug-likeness (QED) is 0.260. The molecular formula is C25H35N5O5. The predicted octanol–water partition coefficient (Wildman–Crippen LogP) is 2.57. The van der Waals surface area contributed by atoms with E-state index in [2.05, 4.69) is 15.6 Å². The number of carbonyl (C=O) groups is 3. The molecule has 10 heteroatoms. The van der Waals surface area contributed by atoms with Crippen LogP contribution in [0.4, 0.5) is 11.5 Å². The summed E-state index contributed by atoms with van der Waals surface area (Å²) in [6, 6.07) is 12.2. The maximum absolute atomic E-state index is 13.4. The van der Waals surface area contributed by atoms with Crippen LogP contribution in [0.2, 0.25) is 0 Å². The molecule has 1 aromatic carbocycles. The minimum atomic E-state index is -0.994. The van der Waals surface area contributed by atoms with Crippen molar-refractivity contribution >= 4 is 29.3 Å². The second-order valence-electron chi connectivity index (χ2n) is 8.19. The molecule has 3 N–H and O–H groups in total. The second-order valence-corrected chi connectivity index (χ2v) is 8.19. The molecular weight excluding hydrogens is 450 g/mol. The summed E-state index contributed by atoms with van der Waals surface area (Å²) in [6.07, 6.45) is 2.04. The van der Waals surface area contributed by atoms with Gasteiger partial charge in [-0.1, -0.05) is 6.07 Å². The Bertz CT molecular complexity index is 937. The zero-order valence-electron chi connectivity index (χ0n) is 20.6. The Morgan fingerprint density at radius 1 is 1.06 bits per heavy atom. The fraction of sp³-hybridized carbons (Fsp3) is 0.440. The van der Waals surface area contributed by atoms with Gasteiger partial charge in [-0.3, -0.25) is 19.3 Å². The number of likely N-dealkylation sites (N-methyl/N-ethyl adjacent to an activating group) is 1. The summed E-state index contributed by atoms with van der Waals surface area (Å²) in [7, 11) is 3.88. The Hall–Kier alpha value is -3.66. The predicted molar refractivity (Wildman–Crippen MR) is 134 cm³/mol. The fourth-order valence-corrected chi connectivity index (χ4v) is 3.28. The van der Waals surface area contributed by atoms with Crippen LogP contribution in [0.25, 0.3) is 0 Å². The van der Waals surface area contributed by atoms with Crippen LogP contribution in [0.5, 0.6) is 5.75 Å². The number of aromatic nitrogens is 1. The average Bonchev–Trinajstić information content (AvgIpc) is 2.83. The SMILES string of the molecule is CCN(C(=O)C(NC(=O)CCCN(C)C)Nc1ccc(OCCCC(=O)O)cc1)c1ccccn1. The van der Waals surface area contributed by atoms with Gasteiger partial charge in [0.2, 0.25) is 5.91 Å². The molecule has 0 aliphatic carbocycles. The zero-order valence-corrected chi connectivity index (χ0v) is 20.6.